The first kappa shape index (κ1) is 12.9. The third kappa shape index (κ3) is 3.76. The van der Waals surface area contributed by atoms with Crippen molar-refractivity contribution in [3.05, 3.63) is 35.4 Å². The number of aldehydes is 1. The summed E-state index contributed by atoms with van der Waals surface area (Å²) in [5.41, 5.74) is 1.25. The highest BCUT2D eigenvalue weighted by molar-refractivity contribution is 5.77. The van der Waals surface area contributed by atoms with Gasteiger partial charge in [0.2, 0.25) is 0 Å². The lowest BCUT2D eigenvalue weighted by Crippen LogP contribution is -2.01. The van der Waals surface area contributed by atoms with E-state index in [1.807, 2.05) is 6.07 Å². The molecule has 0 heterocycles. The lowest BCUT2D eigenvalue weighted by Gasteiger charge is -2.12. The monoisotopic (exact) mass is 222 g/mol. The molecule has 1 aromatic rings. The van der Waals surface area contributed by atoms with Crippen molar-refractivity contribution in [1.29, 1.82) is 0 Å². The standard InChI is InChI=1S/C13H18O3/c14-9-5-1-2-8-13(16)12-7-4-3-6-11(12)10-15/h3-4,6-7,10,13-14,16H,1-2,5,8-9H2. The molecule has 1 aromatic carbocycles. The largest absolute Gasteiger partial charge is 0.396 e. The highest BCUT2D eigenvalue weighted by Crippen LogP contribution is 2.22. The summed E-state index contributed by atoms with van der Waals surface area (Å²) < 4.78 is 0. The van der Waals surface area contributed by atoms with E-state index >= 15 is 0 Å². The Balaban J connectivity index is 2.51. The van der Waals surface area contributed by atoms with Crippen LogP contribution in [-0.4, -0.2) is 23.1 Å². The summed E-state index contributed by atoms with van der Waals surface area (Å²) in [7, 11) is 0. The molecule has 0 saturated carbocycles. The van der Waals surface area contributed by atoms with Crippen LogP contribution in [0.5, 0.6) is 0 Å². The maximum Gasteiger partial charge on any atom is 0.150 e. The summed E-state index contributed by atoms with van der Waals surface area (Å²) in [6, 6.07) is 7.09. The van der Waals surface area contributed by atoms with Gasteiger partial charge in [-0.15, -0.1) is 0 Å². The van der Waals surface area contributed by atoms with Gasteiger partial charge in [-0.2, -0.15) is 0 Å². The fourth-order valence-corrected chi connectivity index (χ4v) is 1.70. The molecule has 0 aliphatic rings. The van der Waals surface area contributed by atoms with E-state index in [1.165, 1.54) is 0 Å². The van der Waals surface area contributed by atoms with Crippen LogP contribution < -0.4 is 0 Å². The second kappa shape index (κ2) is 7.14. The van der Waals surface area contributed by atoms with Gasteiger partial charge in [0.1, 0.15) is 6.29 Å². The maximum absolute atomic E-state index is 10.8. The minimum Gasteiger partial charge on any atom is -0.396 e. The summed E-state index contributed by atoms with van der Waals surface area (Å²) in [6.07, 6.45) is 3.34. The number of benzene rings is 1. The molecule has 0 fully saturated rings. The minimum absolute atomic E-state index is 0.195. The Kier molecular flexibility index (Phi) is 5.75. The van der Waals surface area contributed by atoms with E-state index in [0.29, 0.717) is 17.5 Å². The lowest BCUT2D eigenvalue weighted by molar-refractivity contribution is 0.111. The van der Waals surface area contributed by atoms with Crippen molar-refractivity contribution in [1.82, 2.24) is 0 Å². The first-order chi connectivity index (χ1) is 7.79. The quantitative estimate of drug-likeness (QED) is 0.548. The fourth-order valence-electron chi connectivity index (χ4n) is 1.70. The van der Waals surface area contributed by atoms with Crippen molar-refractivity contribution < 1.29 is 15.0 Å². The van der Waals surface area contributed by atoms with Gasteiger partial charge in [0.15, 0.2) is 0 Å². The zero-order valence-corrected chi connectivity index (χ0v) is 9.30. The van der Waals surface area contributed by atoms with E-state index in [0.717, 1.165) is 25.5 Å². The molecule has 1 rings (SSSR count). The molecule has 0 radical (unpaired) electrons. The maximum atomic E-state index is 10.8. The van der Waals surface area contributed by atoms with Crippen LogP contribution in [0.2, 0.25) is 0 Å². The van der Waals surface area contributed by atoms with E-state index in [2.05, 4.69) is 0 Å². The number of rotatable bonds is 7. The first-order valence-corrected chi connectivity index (χ1v) is 5.62. The van der Waals surface area contributed by atoms with Gasteiger partial charge in [-0.05, 0) is 18.4 Å². The van der Waals surface area contributed by atoms with Gasteiger partial charge in [0.25, 0.3) is 0 Å². The van der Waals surface area contributed by atoms with Gasteiger partial charge < -0.3 is 10.2 Å². The number of aliphatic hydroxyl groups excluding tert-OH is 2. The molecule has 0 spiro atoms. The molecule has 0 bridgehead atoms. The van der Waals surface area contributed by atoms with Gasteiger partial charge in [-0.25, -0.2) is 0 Å². The topological polar surface area (TPSA) is 57.5 Å². The van der Waals surface area contributed by atoms with Crippen LogP contribution in [0.15, 0.2) is 24.3 Å². The molecular weight excluding hydrogens is 204 g/mol. The van der Waals surface area contributed by atoms with Crippen molar-refractivity contribution in [2.75, 3.05) is 6.61 Å². The van der Waals surface area contributed by atoms with Crippen molar-refractivity contribution in [2.24, 2.45) is 0 Å². The number of aliphatic hydroxyl groups is 2. The third-order valence-electron chi connectivity index (χ3n) is 2.62. The molecule has 0 aliphatic carbocycles. The van der Waals surface area contributed by atoms with Gasteiger partial charge in [-0.1, -0.05) is 37.1 Å². The fraction of sp³-hybridized carbons (Fsp3) is 0.462. The highest BCUT2D eigenvalue weighted by atomic mass is 16.3. The summed E-state index contributed by atoms with van der Waals surface area (Å²) >= 11 is 0. The zero-order chi connectivity index (χ0) is 11.8. The second-order valence-corrected chi connectivity index (χ2v) is 3.84. The Labute approximate surface area is 95.7 Å². The van der Waals surface area contributed by atoms with Crippen LogP contribution in [-0.2, 0) is 0 Å². The van der Waals surface area contributed by atoms with E-state index in [9.17, 15) is 9.90 Å². The summed E-state index contributed by atoms with van der Waals surface area (Å²) in [5.74, 6) is 0. The lowest BCUT2D eigenvalue weighted by atomic mass is 9.99. The van der Waals surface area contributed by atoms with E-state index in [4.69, 9.17) is 5.11 Å². The van der Waals surface area contributed by atoms with Gasteiger partial charge >= 0.3 is 0 Å². The predicted octanol–water partition coefficient (Wildman–Crippen LogP) is 2.09. The number of hydrogen-bond donors (Lipinski definition) is 2. The van der Waals surface area contributed by atoms with Gasteiger partial charge in [0, 0.05) is 12.2 Å². The second-order valence-electron chi connectivity index (χ2n) is 3.84. The van der Waals surface area contributed by atoms with Crippen LogP contribution in [0.1, 0.15) is 47.7 Å². The average molecular weight is 222 g/mol. The molecular formula is C13H18O3. The Morgan fingerprint density at radius 1 is 1.19 bits per heavy atom. The van der Waals surface area contributed by atoms with Crippen LogP contribution in [0, 0.1) is 0 Å². The van der Waals surface area contributed by atoms with Crippen molar-refractivity contribution >= 4 is 6.29 Å². The van der Waals surface area contributed by atoms with Gasteiger partial charge in [-0.3, -0.25) is 4.79 Å². The molecule has 3 heteroatoms. The Hall–Kier alpha value is -1.19. The summed E-state index contributed by atoms with van der Waals surface area (Å²) in [6.45, 7) is 0.195. The zero-order valence-electron chi connectivity index (χ0n) is 9.30. The Morgan fingerprint density at radius 2 is 1.94 bits per heavy atom. The highest BCUT2D eigenvalue weighted by Gasteiger charge is 2.10. The predicted molar refractivity (Wildman–Crippen MR) is 62.3 cm³/mol. The molecule has 0 saturated heterocycles. The number of hydrogen-bond acceptors (Lipinski definition) is 3. The third-order valence-corrected chi connectivity index (χ3v) is 2.62. The molecule has 2 N–H and O–H groups in total. The molecule has 16 heavy (non-hydrogen) atoms. The van der Waals surface area contributed by atoms with Crippen molar-refractivity contribution in [3.63, 3.8) is 0 Å². The molecule has 3 nitrogen and oxygen atoms in total. The molecule has 0 aliphatic heterocycles. The number of unbranched alkanes of at least 4 members (excludes halogenated alkanes) is 2. The molecule has 1 atom stereocenters. The van der Waals surface area contributed by atoms with Crippen molar-refractivity contribution in [2.45, 2.75) is 31.8 Å². The number of carbonyl (C=O) groups excluding carboxylic acids is 1. The molecule has 0 amide bonds. The SMILES string of the molecule is O=Cc1ccccc1C(O)CCCCCO. The Bertz CT molecular complexity index is 323. The first-order valence-electron chi connectivity index (χ1n) is 5.62. The van der Waals surface area contributed by atoms with Crippen LogP contribution in [0.3, 0.4) is 0 Å². The normalized spacial score (nSPS) is 12.4. The Morgan fingerprint density at radius 3 is 2.62 bits per heavy atom. The number of carbonyl (C=O) groups is 1. The van der Waals surface area contributed by atoms with E-state index < -0.39 is 6.10 Å². The molecule has 0 aromatic heterocycles. The smallest absolute Gasteiger partial charge is 0.150 e. The van der Waals surface area contributed by atoms with Crippen LogP contribution in [0.4, 0.5) is 0 Å². The van der Waals surface area contributed by atoms with Crippen LogP contribution >= 0.6 is 0 Å². The summed E-state index contributed by atoms with van der Waals surface area (Å²) in [5, 5.41) is 18.5. The average Bonchev–Trinajstić information content (AvgIpc) is 2.34. The van der Waals surface area contributed by atoms with Crippen molar-refractivity contribution in [3.8, 4) is 0 Å². The minimum atomic E-state index is -0.583. The summed E-state index contributed by atoms with van der Waals surface area (Å²) in [4.78, 5) is 10.8. The molecule has 1 unspecified atom stereocenters. The van der Waals surface area contributed by atoms with Gasteiger partial charge in [0.05, 0.1) is 6.10 Å². The van der Waals surface area contributed by atoms with Crippen LogP contribution in [0.25, 0.3) is 0 Å². The van der Waals surface area contributed by atoms with E-state index in [-0.39, 0.29) is 6.61 Å². The van der Waals surface area contributed by atoms with E-state index in [1.54, 1.807) is 18.2 Å². The molecule has 88 valence electrons.